The molecule has 7 nitrogen and oxygen atoms in total. The number of aryl methyl sites for hydroxylation is 1. The Bertz CT molecular complexity index is 578. The first-order chi connectivity index (χ1) is 11.1. The molecule has 3 heterocycles. The van der Waals surface area contributed by atoms with E-state index in [1.807, 2.05) is 23.6 Å². The van der Waals surface area contributed by atoms with Gasteiger partial charge in [0.2, 0.25) is 5.91 Å². The molecule has 126 valence electrons. The summed E-state index contributed by atoms with van der Waals surface area (Å²) in [4.78, 5) is 27.9. The maximum atomic E-state index is 12.3. The number of cyclic esters (lactones) is 1. The molecule has 0 saturated carbocycles. The van der Waals surface area contributed by atoms with Crippen molar-refractivity contribution in [2.24, 2.45) is 0 Å². The molecule has 0 radical (unpaired) electrons. The average Bonchev–Trinajstić information content (AvgIpc) is 3.13. The smallest absolute Gasteiger partial charge is 0.410 e. The zero-order valence-electron chi connectivity index (χ0n) is 13.7. The molecule has 3 rings (SSSR count). The third-order valence-electron chi connectivity index (χ3n) is 4.62. The lowest BCUT2D eigenvalue weighted by Gasteiger charge is -2.35. The van der Waals surface area contributed by atoms with E-state index in [1.165, 1.54) is 0 Å². The Labute approximate surface area is 135 Å². The fourth-order valence-electron chi connectivity index (χ4n) is 3.24. The number of aromatic nitrogens is 1. The third kappa shape index (κ3) is 3.48. The third-order valence-corrected chi connectivity index (χ3v) is 4.62. The van der Waals surface area contributed by atoms with Gasteiger partial charge in [-0.15, -0.1) is 0 Å². The predicted octanol–water partition coefficient (Wildman–Crippen LogP) is 1.75. The Morgan fingerprint density at radius 2 is 2.13 bits per heavy atom. The van der Waals surface area contributed by atoms with E-state index in [2.05, 4.69) is 5.16 Å². The number of carbonyl (C=O) groups excluding carboxylic acids is 2. The van der Waals surface area contributed by atoms with Crippen molar-refractivity contribution in [2.45, 2.75) is 51.7 Å². The summed E-state index contributed by atoms with van der Waals surface area (Å²) in [6.07, 6.45) is 2.49. The molecular formula is C16H23N3O4. The number of likely N-dealkylation sites (tertiary alicyclic amines) is 1. The normalized spacial score (nSPS) is 22.5. The average molecular weight is 321 g/mol. The van der Waals surface area contributed by atoms with E-state index < -0.39 is 0 Å². The van der Waals surface area contributed by atoms with Crippen molar-refractivity contribution < 1.29 is 18.8 Å². The van der Waals surface area contributed by atoms with Crippen LogP contribution in [0.25, 0.3) is 0 Å². The van der Waals surface area contributed by atoms with Gasteiger partial charge in [0.1, 0.15) is 11.9 Å². The van der Waals surface area contributed by atoms with Crippen LogP contribution in [0.4, 0.5) is 4.79 Å². The van der Waals surface area contributed by atoms with Crippen molar-refractivity contribution in [3.63, 3.8) is 0 Å². The fourth-order valence-corrected chi connectivity index (χ4v) is 3.24. The fraction of sp³-hybridized carbons (Fsp3) is 0.688. The monoisotopic (exact) mass is 321 g/mol. The number of rotatable bonds is 4. The van der Waals surface area contributed by atoms with Crippen LogP contribution in [0.3, 0.4) is 0 Å². The molecular weight excluding hydrogens is 298 g/mol. The molecule has 0 spiro atoms. The van der Waals surface area contributed by atoms with Crippen LogP contribution < -0.4 is 0 Å². The molecule has 2 saturated heterocycles. The topological polar surface area (TPSA) is 75.9 Å². The molecule has 1 aromatic heterocycles. The van der Waals surface area contributed by atoms with E-state index in [4.69, 9.17) is 9.26 Å². The maximum Gasteiger partial charge on any atom is 0.410 e. The van der Waals surface area contributed by atoms with E-state index >= 15 is 0 Å². The molecule has 0 N–H and O–H groups in total. The van der Waals surface area contributed by atoms with Crippen LogP contribution in [0.2, 0.25) is 0 Å². The summed E-state index contributed by atoms with van der Waals surface area (Å²) in [6.45, 7) is 5.86. The number of amides is 2. The Kier molecular flexibility index (Phi) is 4.54. The van der Waals surface area contributed by atoms with Crippen molar-refractivity contribution in [3.8, 4) is 0 Å². The molecule has 7 heteroatoms. The van der Waals surface area contributed by atoms with Gasteiger partial charge in [0.15, 0.2) is 0 Å². The minimum absolute atomic E-state index is 0.0110. The van der Waals surface area contributed by atoms with Gasteiger partial charge in [-0.2, -0.15) is 0 Å². The second-order valence-corrected chi connectivity index (χ2v) is 6.29. The molecule has 2 aliphatic heterocycles. The zero-order valence-corrected chi connectivity index (χ0v) is 13.7. The lowest BCUT2D eigenvalue weighted by Crippen LogP contribution is -2.47. The van der Waals surface area contributed by atoms with Crippen molar-refractivity contribution in [2.75, 3.05) is 19.6 Å². The van der Waals surface area contributed by atoms with Gasteiger partial charge in [-0.1, -0.05) is 12.1 Å². The molecule has 1 unspecified atom stereocenters. The number of piperidine rings is 1. The van der Waals surface area contributed by atoms with Gasteiger partial charge in [-0.05, 0) is 26.2 Å². The van der Waals surface area contributed by atoms with Crippen molar-refractivity contribution in [3.05, 3.63) is 17.5 Å². The van der Waals surface area contributed by atoms with Gasteiger partial charge in [0, 0.05) is 25.2 Å². The number of carbonyl (C=O) groups is 2. The largest absolute Gasteiger partial charge is 0.444 e. The number of nitrogens with zero attached hydrogens (tertiary/aromatic N) is 3. The molecule has 2 aliphatic rings. The summed E-state index contributed by atoms with van der Waals surface area (Å²) >= 11 is 0. The zero-order chi connectivity index (χ0) is 16.4. The number of hydrogen-bond donors (Lipinski definition) is 0. The van der Waals surface area contributed by atoms with E-state index in [1.54, 1.807) is 6.07 Å². The molecule has 1 atom stereocenters. The summed E-state index contributed by atoms with van der Waals surface area (Å²) in [7, 11) is 0. The van der Waals surface area contributed by atoms with Crippen LogP contribution in [-0.2, 0) is 16.0 Å². The first-order valence-electron chi connectivity index (χ1n) is 8.24. The lowest BCUT2D eigenvalue weighted by molar-refractivity contribution is -0.132. The standard InChI is InChI=1S/C16H23N3O4/c1-3-13-10-19(16(21)22-13)12-4-6-18(7-5-12)15(20)9-14-8-11(2)17-23-14/h8,12-13H,3-7,9-10H2,1-2H3. The molecule has 0 aromatic carbocycles. The molecule has 1 aromatic rings. The molecule has 0 bridgehead atoms. The van der Waals surface area contributed by atoms with Crippen LogP contribution in [0.15, 0.2) is 10.6 Å². The molecule has 2 amide bonds. The van der Waals surface area contributed by atoms with Gasteiger partial charge >= 0.3 is 6.09 Å². The van der Waals surface area contributed by atoms with Crippen molar-refractivity contribution >= 4 is 12.0 Å². The highest BCUT2D eigenvalue weighted by atomic mass is 16.6. The Morgan fingerprint density at radius 1 is 1.39 bits per heavy atom. The highest BCUT2D eigenvalue weighted by Crippen LogP contribution is 2.24. The second-order valence-electron chi connectivity index (χ2n) is 6.29. The summed E-state index contributed by atoms with van der Waals surface area (Å²) in [5.41, 5.74) is 0.782. The van der Waals surface area contributed by atoms with E-state index in [9.17, 15) is 9.59 Å². The molecule has 0 aliphatic carbocycles. The maximum absolute atomic E-state index is 12.3. The van der Waals surface area contributed by atoms with E-state index in [-0.39, 0.29) is 30.6 Å². The van der Waals surface area contributed by atoms with Gasteiger partial charge in [-0.3, -0.25) is 4.79 Å². The Hall–Kier alpha value is -2.05. The van der Waals surface area contributed by atoms with Crippen LogP contribution in [0, 0.1) is 6.92 Å². The first kappa shape index (κ1) is 15.8. The lowest BCUT2D eigenvalue weighted by atomic mass is 10.0. The predicted molar refractivity (Wildman–Crippen MR) is 81.8 cm³/mol. The van der Waals surface area contributed by atoms with Gasteiger partial charge in [0.25, 0.3) is 0 Å². The minimum Gasteiger partial charge on any atom is -0.444 e. The van der Waals surface area contributed by atoms with Crippen LogP contribution in [-0.4, -0.2) is 58.7 Å². The molecule has 23 heavy (non-hydrogen) atoms. The quantitative estimate of drug-likeness (QED) is 0.844. The Morgan fingerprint density at radius 3 is 2.70 bits per heavy atom. The summed E-state index contributed by atoms with van der Waals surface area (Å²) < 4.78 is 10.4. The SMILES string of the molecule is CCC1CN(C2CCN(C(=O)Cc3cc(C)no3)CC2)C(=O)O1. The first-order valence-corrected chi connectivity index (χ1v) is 8.24. The Balaban J connectivity index is 1.50. The highest BCUT2D eigenvalue weighted by molar-refractivity contribution is 5.78. The van der Waals surface area contributed by atoms with Crippen LogP contribution in [0.5, 0.6) is 0 Å². The van der Waals surface area contributed by atoms with Crippen LogP contribution in [0.1, 0.15) is 37.6 Å². The van der Waals surface area contributed by atoms with E-state index in [0.29, 0.717) is 25.4 Å². The van der Waals surface area contributed by atoms with Gasteiger partial charge in [-0.25, -0.2) is 4.79 Å². The summed E-state index contributed by atoms with van der Waals surface area (Å²) in [5, 5.41) is 3.80. The van der Waals surface area contributed by atoms with Gasteiger partial charge in [0.05, 0.1) is 18.7 Å². The summed E-state index contributed by atoms with van der Waals surface area (Å²) in [6, 6.07) is 1.96. The van der Waals surface area contributed by atoms with Crippen LogP contribution >= 0.6 is 0 Å². The second kappa shape index (κ2) is 6.60. The van der Waals surface area contributed by atoms with E-state index in [0.717, 1.165) is 25.0 Å². The molecule has 2 fully saturated rings. The number of hydrogen-bond acceptors (Lipinski definition) is 5. The van der Waals surface area contributed by atoms with Gasteiger partial charge < -0.3 is 19.1 Å². The number of ether oxygens (including phenoxy) is 1. The minimum atomic E-state index is -0.209. The summed E-state index contributed by atoms with van der Waals surface area (Å²) in [5.74, 6) is 0.651. The van der Waals surface area contributed by atoms with Crippen molar-refractivity contribution in [1.82, 2.24) is 15.0 Å². The van der Waals surface area contributed by atoms with Crippen molar-refractivity contribution in [1.29, 1.82) is 0 Å². The highest BCUT2D eigenvalue weighted by Gasteiger charge is 2.37.